The molecule has 0 heterocycles. The molecule has 0 aliphatic carbocycles. The van der Waals surface area contributed by atoms with E-state index in [0.717, 1.165) is 70.6 Å². The Morgan fingerprint density at radius 1 is 0.318 bits per heavy atom. The van der Waals surface area contributed by atoms with Gasteiger partial charge in [0.15, 0.2) is 6.10 Å². The van der Waals surface area contributed by atoms with E-state index in [9.17, 15) is 14.4 Å². The predicted octanol–water partition coefficient (Wildman–Crippen LogP) is 16.1. The Hall–Kier alpha value is -6.01. The Morgan fingerprint density at radius 3 is 1.09 bits per heavy atom. The second kappa shape index (κ2) is 51.6. The highest BCUT2D eigenvalue weighted by atomic mass is 16.6. The van der Waals surface area contributed by atoms with Crippen LogP contribution in [0, 0.1) is 0 Å². The van der Waals surface area contributed by atoms with E-state index < -0.39 is 18.0 Å². The van der Waals surface area contributed by atoms with Crippen LogP contribution >= 0.6 is 0 Å². The largest absolute Gasteiger partial charge is 0.462 e. The Kier molecular flexibility index (Phi) is 46.9. The van der Waals surface area contributed by atoms with Gasteiger partial charge in [-0.25, -0.2) is 0 Å². The summed E-state index contributed by atoms with van der Waals surface area (Å²) in [5.41, 5.74) is 0. The van der Waals surface area contributed by atoms with Crippen molar-refractivity contribution in [2.75, 3.05) is 13.2 Å². The summed E-state index contributed by atoms with van der Waals surface area (Å²) in [6, 6.07) is 0. The molecule has 0 rings (SSSR count). The first-order valence-electron chi connectivity index (χ1n) is 24.3. The smallest absolute Gasteiger partial charge is 0.306 e. The molecule has 0 bridgehead atoms. The van der Waals surface area contributed by atoms with Crippen LogP contribution in [0.3, 0.4) is 0 Å². The molecule has 6 heteroatoms. The van der Waals surface area contributed by atoms with Crippen LogP contribution in [0.25, 0.3) is 0 Å². The molecule has 66 heavy (non-hydrogen) atoms. The molecule has 0 N–H and O–H groups in total. The fraction of sp³-hybridized carbons (Fsp3) is 0.383. The zero-order valence-electron chi connectivity index (χ0n) is 40.6. The van der Waals surface area contributed by atoms with Gasteiger partial charge in [0.05, 0.1) is 0 Å². The molecule has 0 amide bonds. The predicted molar refractivity (Wildman–Crippen MR) is 283 cm³/mol. The lowest BCUT2D eigenvalue weighted by molar-refractivity contribution is -0.166. The van der Waals surface area contributed by atoms with E-state index in [2.05, 4.69) is 87.6 Å². The topological polar surface area (TPSA) is 78.9 Å². The molecule has 0 spiro atoms. The number of unbranched alkanes of at least 4 members (excludes halogenated alkanes) is 4. The van der Waals surface area contributed by atoms with Crippen LogP contribution in [0.4, 0.5) is 0 Å². The van der Waals surface area contributed by atoms with Crippen LogP contribution < -0.4 is 0 Å². The molecular weight excluding hydrogens is 817 g/mol. The number of allylic oxidation sites excluding steroid dienone is 34. The molecular formula is C60H82O6. The van der Waals surface area contributed by atoms with Gasteiger partial charge in [0, 0.05) is 19.3 Å². The molecule has 0 aromatic rings. The first-order chi connectivity index (χ1) is 32.5. The van der Waals surface area contributed by atoms with Crippen molar-refractivity contribution in [3.8, 4) is 0 Å². The summed E-state index contributed by atoms with van der Waals surface area (Å²) in [7, 11) is 0. The highest BCUT2D eigenvalue weighted by Gasteiger charge is 2.19. The van der Waals surface area contributed by atoms with E-state index in [-0.39, 0.29) is 38.4 Å². The second-order valence-corrected chi connectivity index (χ2v) is 14.8. The van der Waals surface area contributed by atoms with Gasteiger partial charge in [0.1, 0.15) is 13.2 Å². The van der Waals surface area contributed by atoms with Crippen molar-refractivity contribution >= 4 is 17.9 Å². The normalized spacial score (nSPS) is 13.9. The maximum Gasteiger partial charge on any atom is 0.306 e. The van der Waals surface area contributed by atoms with E-state index >= 15 is 0 Å². The van der Waals surface area contributed by atoms with Crippen molar-refractivity contribution in [2.45, 2.75) is 136 Å². The van der Waals surface area contributed by atoms with E-state index in [0.29, 0.717) is 19.3 Å². The van der Waals surface area contributed by atoms with Crippen LogP contribution in [0.5, 0.6) is 0 Å². The standard InChI is InChI=1S/C60H82O6/c1-4-7-10-13-16-19-22-25-27-29-30-31-33-35-38-41-44-47-50-53-59(62)65-56-57(55-64-58(61)52-49-46-43-40-37-34-24-21-18-15-12-9-6-3)66-60(63)54-51-48-45-42-39-36-32-28-26-23-20-17-14-11-8-5-2/h7-13,15-22,24-31,33-40,43,45,48,57H,4-6,14,23,32,41-42,44,46-47,49-56H2,1-3H3/b10-7+,11-8+,12-9+,16-13+,18-15+,20-17+,22-19+,24-21+,27-25+,28-26+,30-29+,33-31+,37-34+,38-35+,39-36+,43-40+,48-45+. The van der Waals surface area contributed by atoms with Gasteiger partial charge in [0.2, 0.25) is 0 Å². The third-order valence-electron chi connectivity index (χ3n) is 8.85. The van der Waals surface area contributed by atoms with E-state index in [1.807, 2.05) is 140 Å². The zero-order chi connectivity index (χ0) is 47.9. The summed E-state index contributed by atoms with van der Waals surface area (Å²) in [6.07, 6.45) is 81.1. The number of esters is 3. The molecule has 0 aliphatic heterocycles. The number of rotatable bonds is 39. The minimum absolute atomic E-state index is 0.165. The maximum absolute atomic E-state index is 12.7. The Bertz CT molecular complexity index is 1740. The average molecular weight is 899 g/mol. The van der Waals surface area contributed by atoms with Crippen LogP contribution in [0.15, 0.2) is 207 Å². The van der Waals surface area contributed by atoms with Gasteiger partial charge in [-0.15, -0.1) is 0 Å². The van der Waals surface area contributed by atoms with E-state index in [4.69, 9.17) is 14.2 Å². The van der Waals surface area contributed by atoms with E-state index in [1.165, 1.54) is 0 Å². The van der Waals surface area contributed by atoms with Crippen molar-refractivity contribution in [3.05, 3.63) is 207 Å². The molecule has 358 valence electrons. The summed E-state index contributed by atoms with van der Waals surface area (Å²) in [6.45, 7) is 6.01. The molecule has 0 aromatic heterocycles. The van der Waals surface area contributed by atoms with E-state index in [1.54, 1.807) is 0 Å². The summed E-state index contributed by atoms with van der Waals surface area (Å²) in [4.78, 5) is 37.9. The molecule has 1 atom stereocenters. The molecule has 0 saturated heterocycles. The number of carbonyl (C=O) groups excluding carboxylic acids is 3. The zero-order valence-corrected chi connectivity index (χ0v) is 40.6. The van der Waals surface area contributed by atoms with Gasteiger partial charge in [0.25, 0.3) is 0 Å². The lowest BCUT2D eigenvalue weighted by Crippen LogP contribution is -2.30. The quantitative estimate of drug-likeness (QED) is 0.0201. The van der Waals surface area contributed by atoms with Gasteiger partial charge in [-0.1, -0.05) is 234 Å². The van der Waals surface area contributed by atoms with Crippen molar-refractivity contribution < 1.29 is 28.6 Å². The fourth-order valence-corrected chi connectivity index (χ4v) is 5.32. The first-order valence-corrected chi connectivity index (χ1v) is 24.3. The van der Waals surface area contributed by atoms with Crippen molar-refractivity contribution in [3.63, 3.8) is 0 Å². The molecule has 0 radical (unpaired) electrons. The summed E-state index contributed by atoms with van der Waals surface area (Å²) in [5.74, 6) is -1.19. The number of ether oxygens (including phenoxy) is 3. The number of hydrogen-bond acceptors (Lipinski definition) is 6. The van der Waals surface area contributed by atoms with Gasteiger partial charge < -0.3 is 14.2 Å². The Balaban J connectivity index is 4.76. The summed E-state index contributed by atoms with van der Waals surface area (Å²) >= 11 is 0. The van der Waals surface area contributed by atoms with Crippen molar-refractivity contribution in [1.82, 2.24) is 0 Å². The van der Waals surface area contributed by atoms with Crippen molar-refractivity contribution in [1.29, 1.82) is 0 Å². The van der Waals surface area contributed by atoms with Gasteiger partial charge in [-0.05, 0) is 83.5 Å². The van der Waals surface area contributed by atoms with Crippen LogP contribution in [0.2, 0.25) is 0 Å². The number of carbonyl (C=O) groups is 3. The van der Waals surface area contributed by atoms with Crippen LogP contribution in [0.1, 0.15) is 130 Å². The fourth-order valence-electron chi connectivity index (χ4n) is 5.32. The summed E-state index contributed by atoms with van der Waals surface area (Å²) < 4.78 is 16.6. The number of hydrogen-bond donors (Lipinski definition) is 0. The SMILES string of the molecule is CC/C=C/C=C/C=C/C=C/C=C/C=C/C=C/CCCCCC(=O)OCC(COC(=O)CCC/C=C/C=C/C=C/C=C/C=C/CC)OC(=O)CC/C=C/C/C=C/C/C=C/C/C=C/C/C=C/CC. The highest BCUT2D eigenvalue weighted by Crippen LogP contribution is 2.09. The monoisotopic (exact) mass is 899 g/mol. The van der Waals surface area contributed by atoms with Crippen LogP contribution in [-0.2, 0) is 28.6 Å². The third kappa shape index (κ3) is 49.0. The van der Waals surface area contributed by atoms with Gasteiger partial charge >= 0.3 is 17.9 Å². The molecule has 0 saturated carbocycles. The first kappa shape index (κ1) is 60.0. The summed E-state index contributed by atoms with van der Waals surface area (Å²) in [5, 5.41) is 0. The lowest BCUT2D eigenvalue weighted by Gasteiger charge is -2.18. The molecule has 0 aliphatic rings. The molecule has 6 nitrogen and oxygen atoms in total. The Morgan fingerprint density at radius 2 is 0.667 bits per heavy atom. The van der Waals surface area contributed by atoms with Crippen molar-refractivity contribution in [2.24, 2.45) is 0 Å². The third-order valence-corrected chi connectivity index (χ3v) is 8.85. The lowest BCUT2D eigenvalue weighted by atomic mass is 10.1. The molecule has 0 fully saturated rings. The average Bonchev–Trinajstić information content (AvgIpc) is 3.31. The maximum atomic E-state index is 12.7. The van der Waals surface area contributed by atoms with Gasteiger partial charge in [-0.2, -0.15) is 0 Å². The Labute approximate surface area is 400 Å². The second-order valence-electron chi connectivity index (χ2n) is 14.8. The van der Waals surface area contributed by atoms with Crippen LogP contribution in [-0.4, -0.2) is 37.2 Å². The molecule has 0 aromatic carbocycles. The van der Waals surface area contributed by atoms with Gasteiger partial charge in [-0.3, -0.25) is 14.4 Å². The minimum atomic E-state index is -0.879. The molecule has 1 unspecified atom stereocenters. The minimum Gasteiger partial charge on any atom is -0.462 e. The highest BCUT2D eigenvalue weighted by molar-refractivity contribution is 5.71.